The zero-order valence-electron chi connectivity index (χ0n) is 13.9. The van der Waals surface area contributed by atoms with Crippen LogP contribution in [0, 0.1) is 11.2 Å². The maximum Gasteiger partial charge on any atom is 0.246 e. The lowest BCUT2D eigenvalue weighted by molar-refractivity contribution is -0.143. The Labute approximate surface area is 136 Å². The van der Waals surface area contributed by atoms with Crippen molar-refractivity contribution >= 4 is 17.9 Å². The van der Waals surface area contributed by atoms with Crippen LogP contribution in [-0.2, 0) is 9.59 Å². The summed E-state index contributed by atoms with van der Waals surface area (Å²) >= 11 is 0. The second-order valence-electron chi connectivity index (χ2n) is 6.76. The summed E-state index contributed by atoms with van der Waals surface area (Å²) in [6, 6.07) is 6.09. The van der Waals surface area contributed by atoms with Crippen LogP contribution < -0.4 is 0 Å². The fraction of sp³-hybridized carbons (Fsp3) is 0.444. The molecule has 5 heteroatoms. The molecule has 0 atom stereocenters. The number of rotatable bonds is 2. The van der Waals surface area contributed by atoms with Gasteiger partial charge in [0.1, 0.15) is 5.82 Å². The summed E-state index contributed by atoms with van der Waals surface area (Å²) in [6.45, 7) is 7.84. The predicted molar refractivity (Wildman–Crippen MR) is 88.0 cm³/mol. The Kier molecular flexibility index (Phi) is 5.19. The number of carbonyl (C=O) groups excluding carboxylic acids is 2. The van der Waals surface area contributed by atoms with Gasteiger partial charge in [0.15, 0.2) is 0 Å². The molecule has 1 aliphatic heterocycles. The van der Waals surface area contributed by atoms with Crippen LogP contribution in [0.2, 0.25) is 0 Å². The smallest absolute Gasteiger partial charge is 0.246 e. The van der Waals surface area contributed by atoms with Gasteiger partial charge >= 0.3 is 0 Å². The van der Waals surface area contributed by atoms with E-state index in [9.17, 15) is 14.0 Å². The van der Waals surface area contributed by atoms with Gasteiger partial charge in [-0.05, 0) is 23.8 Å². The Hall–Kier alpha value is -2.17. The fourth-order valence-corrected chi connectivity index (χ4v) is 2.49. The van der Waals surface area contributed by atoms with Crippen molar-refractivity contribution in [3.63, 3.8) is 0 Å². The van der Waals surface area contributed by atoms with Gasteiger partial charge in [-0.3, -0.25) is 9.59 Å². The highest BCUT2D eigenvalue weighted by Crippen LogP contribution is 2.18. The molecule has 124 valence electrons. The largest absolute Gasteiger partial charge is 0.339 e. The Balaban J connectivity index is 1.90. The van der Waals surface area contributed by atoms with E-state index in [4.69, 9.17) is 0 Å². The van der Waals surface area contributed by atoms with Crippen molar-refractivity contribution in [3.05, 3.63) is 41.7 Å². The zero-order chi connectivity index (χ0) is 17.0. The summed E-state index contributed by atoms with van der Waals surface area (Å²) in [5.74, 6) is -0.328. The van der Waals surface area contributed by atoms with E-state index in [0.717, 1.165) is 0 Å². The average molecular weight is 318 g/mol. The highest BCUT2D eigenvalue weighted by molar-refractivity contribution is 5.92. The summed E-state index contributed by atoms with van der Waals surface area (Å²) in [5, 5.41) is 0. The van der Waals surface area contributed by atoms with Gasteiger partial charge in [0.25, 0.3) is 0 Å². The second kappa shape index (κ2) is 6.94. The monoisotopic (exact) mass is 318 g/mol. The topological polar surface area (TPSA) is 40.6 Å². The van der Waals surface area contributed by atoms with Gasteiger partial charge in [-0.1, -0.05) is 32.9 Å². The minimum atomic E-state index is -0.399. The number of piperazine rings is 1. The van der Waals surface area contributed by atoms with E-state index in [2.05, 4.69) is 0 Å². The van der Waals surface area contributed by atoms with E-state index in [-0.39, 0.29) is 17.6 Å². The number of benzene rings is 1. The van der Waals surface area contributed by atoms with Gasteiger partial charge in [0, 0.05) is 37.7 Å². The van der Waals surface area contributed by atoms with Crippen molar-refractivity contribution in [2.24, 2.45) is 5.41 Å². The Morgan fingerprint density at radius 2 is 1.70 bits per heavy atom. The number of carbonyl (C=O) groups is 2. The van der Waals surface area contributed by atoms with Gasteiger partial charge in [0.2, 0.25) is 11.8 Å². The molecule has 1 saturated heterocycles. The Bertz CT molecular complexity index is 612. The second-order valence-corrected chi connectivity index (χ2v) is 6.76. The molecule has 0 aromatic heterocycles. The SMILES string of the molecule is CC(C)(C)C(=O)N1CCN(C(=O)/C=C/c2cccc(F)c2)CC1. The standard InChI is InChI=1S/C18H23FN2O2/c1-18(2,3)17(23)21-11-9-20(10-12-21)16(22)8-7-14-5-4-6-15(19)13-14/h4-8,13H,9-12H2,1-3H3/b8-7+. The number of hydrogen-bond donors (Lipinski definition) is 0. The van der Waals surface area contributed by atoms with Crippen LogP contribution in [-0.4, -0.2) is 47.8 Å². The molecule has 1 fully saturated rings. The van der Waals surface area contributed by atoms with Crippen LogP contribution in [0.4, 0.5) is 4.39 Å². The minimum absolute atomic E-state index is 0.111. The first-order valence-electron chi connectivity index (χ1n) is 7.79. The molecule has 23 heavy (non-hydrogen) atoms. The first-order valence-corrected chi connectivity index (χ1v) is 7.79. The van der Waals surface area contributed by atoms with Crippen molar-refractivity contribution in [1.82, 2.24) is 9.80 Å². The average Bonchev–Trinajstić information content (AvgIpc) is 2.51. The van der Waals surface area contributed by atoms with Gasteiger partial charge in [-0.25, -0.2) is 4.39 Å². The van der Waals surface area contributed by atoms with Crippen molar-refractivity contribution < 1.29 is 14.0 Å². The molecule has 4 nitrogen and oxygen atoms in total. The molecule has 0 aliphatic carbocycles. The van der Waals surface area contributed by atoms with Crippen LogP contribution >= 0.6 is 0 Å². The van der Waals surface area contributed by atoms with E-state index < -0.39 is 5.41 Å². The fourth-order valence-electron chi connectivity index (χ4n) is 2.49. The van der Waals surface area contributed by atoms with Crippen LogP contribution in [0.15, 0.2) is 30.3 Å². The maximum atomic E-state index is 13.1. The highest BCUT2D eigenvalue weighted by atomic mass is 19.1. The van der Waals surface area contributed by atoms with E-state index in [1.54, 1.807) is 28.0 Å². The number of halogens is 1. The van der Waals surface area contributed by atoms with Gasteiger partial charge in [-0.2, -0.15) is 0 Å². The van der Waals surface area contributed by atoms with Crippen LogP contribution in [0.25, 0.3) is 6.08 Å². The molecule has 1 aromatic rings. The van der Waals surface area contributed by atoms with Crippen LogP contribution in [0.1, 0.15) is 26.3 Å². The molecular weight excluding hydrogens is 295 g/mol. The van der Waals surface area contributed by atoms with E-state index >= 15 is 0 Å². The number of amides is 2. The summed E-state index contributed by atoms with van der Waals surface area (Å²) in [6.07, 6.45) is 3.06. The molecule has 0 spiro atoms. The summed E-state index contributed by atoms with van der Waals surface area (Å²) in [4.78, 5) is 27.9. The third-order valence-electron chi connectivity index (χ3n) is 3.79. The molecule has 1 aliphatic rings. The predicted octanol–water partition coefficient (Wildman–Crippen LogP) is 2.56. The Morgan fingerprint density at radius 3 is 2.26 bits per heavy atom. The first-order chi connectivity index (χ1) is 10.8. The molecule has 0 unspecified atom stereocenters. The minimum Gasteiger partial charge on any atom is -0.339 e. The lowest BCUT2D eigenvalue weighted by Gasteiger charge is -2.37. The lowest BCUT2D eigenvalue weighted by Crippen LogP contribution is -2.52. The van der Waals surface area contributed by atoms with Crippen molar-refractivity contribution in [2.45, 2.75) is 20.8 Å². The molecular formula is C18H23FN2O2. The molecule has 2 amide bonds. The van der Waals surface area contributed by atoms with Gasteiger partial charge in [0.05, 0.1) is 0 Å². The van der Waals surface area contributed by atoms with Gasteiger partial charge < -0.3 is 9.80 Å². The maximum absolute atomic E-state index is 13.1. The summed E-state index contributed by atoms with van der Waals surface area (Å²) in [7, 11) is 0. The third-order valence-corrected chi connectivity index (χ3v) is 3.79. The van der Waals surface area contributed by atoms with Crippen molar-refractivity contribution in [1.29, 1.82) is 0 Å². The molecule has 0 N–H and O–H groups in total. The molecule has 0 saturated carbocycles. The Morgan fingerprint density at radius 1 is 1.09 bits per heavy atom. The highest BCUT2D eigenvalue weighted by Gasteiger charge is 2.30. The quantitative estimate of drug-likeness (QED) is 0.786. The number of nitrogens with zero attached hydrogens (tertiary/aromatic N) is 2. The van der Waals surface area contributed by atoms with Crippen molar-refractivity contribution in [3.8, 4) is 0 Å². The van der Waals surface area contributed by atoms with Gasteiger partial charge in [-0.15, -0.1) is 0 Å². The summed E-state index contributed by atoms with van der Waals surface area (Å²) < 4.78 is 13.1. The van der Waals surface area contributed by atoms with E-state index in [1.165, 1.54) is 18.2 Å². The third kappa shape index (κ3) is 4.65. The van der Waals surface area contributed by atoms with E-state index in [0.29, 0.717) is 31.7 Å². The molecule has 0 bridgehead atoms. The molecule has 2 rings (SSSR count). The van der Waals surface area contributed by atoms with E-state index in [1.807, 2.05) is 20.8 Å². The lowest BCUT2D eigenvalue weighted by atomic mass is 9.94. The molecule has 1 aromatic carbocycles. The molecule has 1 heterocycles. The molecule has 0 radical (unpaired) electrons. The summed E-state index contributed by atoms with van der Waals surface area (Å²) in [5.41, 5.74) is 0.253. The van der Waals surface area contributed by atoms with Crippen molar-refractivity contribution in [2.75, 3.05) is 26.2 Å². The van der Waals surface area contributed by atoms with Crippen LogP contribution in [0.3, 0.4) is 0 Å². The number of hydrogen-bond acceptors (Lipinski definition) is 2. The zero-order valence-corrected chi connectivity index (χ0v) is 13.9. The normalized spacial score (nSPS) is 16.0. The van der Waals surface area contributed by atoms with Crippen LogP contribution in [0.5, 0.6) is 0 Å². The first kappa shape index (κ1) is 17.2.